The molecule has 2 bridgehead atoms. The Morgan fingerprint density at radius 2 is 1.51 bits per heavy atom. The predicted octanol–water partition coefficient (Wildman–Crippen LogP) is 4.80. The summed E-state index contributed by atoms with van der Waals surface area (Å²) in [7, 11) is 0. The van der Waals surface area contributed by atoms with Gasteiger partial charge in [0, 0.05) is 24.3 Å². The molecular formula is C34H26N4O5. The van der Waals surface area contributed by atoms with E-state index in [0.29, 0.717) is 11.3 Å². The molecule has 1 aliphatic heterocycles. The van der Waals surface area contributed by atoms with Crippen molar-refractivity contribution in [1.82, 2.24) is 5.43 Å². The third-order valence-corrected chi connectivity index (χ3v) is 8.95. The van der Waals surface area contributed by atoms with Crippen molar-refractivity contribution in [2.24, 2.45) is 16.9 Å². The largest absolute Gasteiger partial charge is 0.274 e. The molecule has 4 aromatic rings. The van der Waals surface area contributed by atoms with E-state index in [2.05, 4.69) is 10.5 Å². The number of hydrazone groups is 1. The Kier molecular flexibility index (Phi) is 6.05. The quantitative estimate of drug-likeness (QED) is 0.155. The van der Waals surface area contributed by atoms with E-state index in [1.54, 1.807) is 18.3 Å². The zero-order valence-electron chi connectivity index (χ0n) is 23.1. The lowest BCUT2D eigenvalue weighted by Gasteiger charge is -2.52. The van der Waals surface area contributed by atoms with Crippen molar-refractivity contribution >= 4 is 35.3 Å². The number of non-ortho nitro benzene ring substituents is 1. The Bertz CT molecular complexity index is 1800. The summed E-state index contributed by atoms with van der Waals surface area (Å²) in [6.45, 7) is 1.95. The van der Waals surface area contributed by atoms with Crippen molar-refractivity contribution in [3.63, 3.8) is 0 Å². The van der Waals surface area contributed by atoms with Crippen LogP contribution < -0.4 is 10.3 Å². The molecule has 2 atom stereocenters. The molecule has 0 spiro atoms. The van der Waals surface area contributed by atoms with Crippen molar-refractivity contribution in [2.45, 2.75) is 24.7 Å². The monoisotopic (exact) mass is 570 g/mol. The molecule has 1 N–H and O–H groups in total. The van der Waals surface area contributed by atoms with Crippen LogP contribution in [0.2, 0.25) is 0 Å². The Hall–Kier alpha value is -5.44. The molecule has 1 saturated heterocycles. The number of nitro groups is 1. The van der Waals surface area contributed by atoms with Crippen LogP contribution in [0.3, 0.4) is 0 Å². The second-order valence-electron chi connectivity index (χ2n) is 11.3. The highest BCUT2D eigenvalue weighted by Gasteiger charge is 2.68. The average molecular weight is 571 g/mol. The number of carbonyl (C=O) groups is 3. The number of aryl methyl sites for hydroxylation is 1. The van der Waals surface area contributed by atoms with E-state index in [4.69, 9.17) is 0 Å². The topological polar surface area (TPSA) is 122 Å². The third-order valence-electron chi connectivity index (χ3n) is 8.95. The molecule has 1 fully saturated rings. The summed E-state index contributed by atoms with van der Waals surface area (Å²) in [6, 6.07) is 28.8. The zero-order valence-corrected chi connectivity index (χ0v) is 23.1. The van der Waals surface area contributed by atoms with Crippen molar-refractivity contribution in [2.75, 3.05) is 4.90 Å². The highest BCUT2D eigenvalue weighted by molar-refractivity contribution is 6.25. The van der Waals surface area contributed by atoms with E-state index < -0.39 is 28.1 Å². The maximum atomic E-state index is 14.4. The summed E-state index contributed by atoms with van der Waals surface area (Å²) >= 11 is 0. The van der Waals surface area contributed by atoms with Gasteiger partial charge in [-0.05, 0) is 46.9 Å². The normalized spacial score (nSPS) is 23.2. The lowest BCUT2D eigenvalue weighted by molar-refractivity contribution is -0.384. The van der Waals surface area contributed by atoms with Crippen LogP contribution in [0.5, 0.6) is 0 Å². The number of hydrogen-bond acceptors (Lipinski definition) is 6. The number of nitro benzene ring substituents is 1. The molecule has 9 nitrogen and oxygen atoms in total. The van der Waals surface area contributed by atoms with Gasteiger partial charge >= 0.3 is 0 Å². The number of imide groups is 1. The minimum absolute atomic E-state index is 0.0394. The highest BCUT2D eigenvalue weighted by atomic mass is 16.6. The molecule has 0 saturated carbocycles. The number of anilines is 1. The van der Waals surface area contributed by atoms with Crippen LogP contribution in [-0.2, 0) is 26.2 Å². The van der Waals surface area contributed by atoms with Crippen LogP contribution in [0.25, 0.3) is 0 Å². The summed E-state index contributed by atoms with van der Waals surface area (Å²) in [5.74, 6) is -2.65. The fourth-order valence-corrected chi connectivity index (χ4v) is 7.16. The van der Waals surface area contributed by atoms with Crippen LogP contribution in [0.4, 0.5) is 11.4 Å². The fourth-order valence-electron chi connectivity index (χ4n) is 7.16. The van der Waals surface area contributed by atoms with Crippen LogP contribution in [-0.4, -0.2) is 28.9 Å². The van der Waals surface area contributed by atoms with Gasteiger partial charge in [0.1, 0.15) is 0 Å². The number of benzene rings is 4. The molecule has 0 unspecified atom stereocenters. The minimum atomic E-state index is -1.10. The second-order valence-corrected chi connectivity index (χ2v) is 11.3. The Balaban J connectivity index is 1.30. The van der Waals surface area contributed by atoms with Crippen molar-refractivity contribution in [1.29, 1.82) is 0 Å². The summed E-state index contributed by atoms with van der Waals surface area (Å²) in [5.41, 5.74) is 7.31. The van der Waals surface area contributed by atoms with Gasteiger partial charge in [0.15, 0.2) is 0 Å². The molecule has 0 radical (unpaired) electrons. The first-order valence-electron chi connectivity index (χ1n) is 14.0. The van der Waals surface area contributed by atoms with Crippen LogP contribution >= 0.6 is 0 Å². The molecular weight excluding hydrogens is 544 g/mol. The number of amides is 3. The first-order chi connectivity index (χ1) is 20.8. The van der Waals surface area contributed by atoms with Gasteiger partial charge in [-0.3, -0.25) is 24.5 Å². The summed E-state index contributed by atoms with van der Waals surface area (Å²) in [5, 5.41) is 15.4. The lowest BCUT2D eigenvalue weighted by atomic mass is 9.47. The molecule has 4 aromatic carbocycles. The fraction of sp³-hybridized carbons (Fsp3) is 0.176. The van der Waals surface area contributed by atoms with Gasteiger partial charge in [0.05, 0.1) is 34.3 Å². The maximum absolute atomic E-state index is 14.4. The smallest absolute Gasteiger partial charge is 0.269 e. The summed E-state index contributed by atoms with van der Waals surface area (Å²) in [6.07, 6.45) is 1.58. The molecule has 9 heteroatoms. The standard InChI is InChI=1S/C34H26N4O5/c1-20-10-14-22(15-11-20)37-32(40)30-29-24-6-2-4-8-26(24)34(31(30)33(37)41,27-9-5-3-7-25(27)29)19-35-36-28(39)18-21-12-16-23(17-13-21)38(42)43/h2-17,19,29-31H,18H2,1H3,(H,36,39)/b35-19-/t29?,30-,31+,34?/m0/s1. The minimum Gasteiger partial charge on any atom is -0.274 e. The van der Waals surface area contributed by atoms with Gasteiger partial charge in [-0.15, -0.1) is 0 Å². The van der Waals surface area contributed by atoms with Gasteiger partial charge in [0.2, 0.25) is 17.7 Å². The number of rotatable bonds is 6. The van der Waals surface area contributed by atoms with Crippen LogP contribution in [0.15, 0.2) is 102 Å². The van der Waals surface area contributed by atoms with E-state index in [-0.39, 0.29) is 29.8 Å². The Morgan fingerprint density at radius 1 is 0.907 bits per heavy atom. The molecule has 1 heterocycles. The SMILES string of the molecule is Cc1ccc(N2C(=O)[C@H]3C4c5ccccc5C(/C=N\NC(=O)Cc5ccc([N+](=O)[O-])cc5)(c5ccccc54)[C@H]3C2=O)cc1. The van der Waals surface area contributed by atoms with Crippen LogP contribution in [0, 0.1) is 28.9 Å². The lowest BCUT2D eigenvalue weighted by Crippen LogP contribution is -2.54. The van der Waals surface area contributed by atoms with E-state index >= 15 is 0 Å². The first kappa shape index (κ1) is 26.5. The van der Waals surface area contributed by atoms with Crippen molar-refractivity contribution in [3.05, 3.63) is 141 Å². The molecule has 8 rings (SSSR count). The highest BCUT2D eigenvalue weighted by Crippen LogP contribution is 2.63. The molecule has 0 aromatic heterocycles. The van der Waals surface area contributed by atoms with Gasteiger partial charge in [-0.25, -0.2) is 10.3 Å². The second kappa shape index (κ2) is 9.84. The Labute approximate surface area is 247 Å². The molecule has 212 valence electrons. The number of hydrogen-bond donors (Lipinski definition) is 1. The van der Waals surface area contributed by atoms with Gasteiger partial charge < -0.3 is 0 Å². The van der Waals surface area contributed by atoms with E-state index in [1.165, 1.54) is 29.2 Å². The molecule has 3 aliphatic carbocycles. The summed E-state index contributed by atoms with van der Waals surface area (Å²) < 4.78 is 0. The summed E-state index contributed by atoms with van der Waals surface area (Å²) in [4.78, 5) is 53.2. The van der Waals surface area contributed by atoms with E-state index in [0.717, 1.165) is 27.8 Å². The first-order valence-corrected chi connectivity index (χ1v) is 14.0. The van der Waals surface area contributed by atoms with Gasteiger partial charge in [-0.2, -0.15) is 5.10 Å². The third kappa shape index (κ3) is 3.92. The van der Waals surface area contributed by atoms with E-state index in [1.807, 2.05) is 67.6 Å². The number of nitrogens with zero attached hydrogens (tertiary/aromatic N) is 3. The number of carbonyl (C=O) groups excluding carboxylic acids is 3. The van der Waals surface area contributed by atoms with Crippen molar-refractivity contribution in [3.8, 4) is 0 Å². The molecule has 43 heavy (non-hydrogen) atoms. The van der Waals surface area contributed by atoms with Crippen molar-refractivity contribution < 1.29 is 19.3 Å². The van der Waals surface area contributed by atoms with E-state index in [9.17, 15) is 24.5 Å². The maximum Gasteiger partial charge on any atom is 0.269 e. The zero-order chi connectivity index (χ0) is 29.9. The van der Waals surface area contributed by atoms with Gasteiger partial charge in [-0.1, -0.05) is 78.4 Å². The van der Waals surface area contributed by atoms with Crippen LogP contribution in [0.1, 0.15) is 39.3 Å². The Morgan fingerprint density at radius 3 is 2.12 bits per heavy atom. The number of nitrogens with one attached hydrogen (secondary N) is 1. The molecule has 3 amide bonds. The van der Waals surface area contributed by atoms with Gasteiger partial charge in [0.25, 0.3) is 5.69 Å². The molecule has 4 aliphatic rings. The average Bonchev–Trinajstić information content (AvgIpc) is 3.28. The predicted molar refractivity (Wildman–Crippen MR) is 160 cm³/mol.